The first-order valence-electron chi connectivity index (χ1n) is 7.30. The minimum Gasteiger partial charge on any atom is -0.503 e. The normalized spacial score (nSPS) is 11.8. The molecule has 2 aromatic heterocycles. The van der Waals surface area contributed by atoms with E-state index in [1.807, 2.05) is 38.1 Å². The zero-order valence-electron chi connectivity index (χ0n) is 13.9. The number of carbonyl (C=O) groups excluding carboxylic acids is 1. The predicted molar refractivity (Wildman–Crippen MR) is 92.8 cm³/mol. The fourth-order valence-electron chi connectivity index (χ4n) is 2.34. The van der Waals surface area contributed by atoms with Crippen molar-refractivity contribution in [1.82, 2.24) is 14.6 Å². The molecule has 0 fully saturated rings. The molecule has 0 amide bonds. The number of aryl methyl sites for hydroxylation is 2. The number of ether oxygens (including phenoxy) is 2. The summed E-state index contributed by atoms with van der Waals surface area (Å²) in [6.07, 6.45) is 1.38. The summed E-state index contributed by atoms with van der Waals surface area (Å²) in [4.78, 5) is 18.0. The van der Waals surface area contributed by atoms with Crippen molar-refractivity contribution in [3.05, 3.63) is 46.7 Å². The molecule has 1 aromatic carbocycles. The van der Waals surface area contributed by atoms with Gasteiger partial charge in [0.1, 0.15) is 5.57 Å². The maximum atomic E-state index is 12.0. The van der Waals surface area contributed by atoms with E-state index in [1.54, 1.807) is 4.52 Å². The van der Waals surface area contributed by atoms with Crippen LogP contribution in [-0.4, -0.2) is 34.8 Å². The molecule has 3 rings (SSSR count). The van der Waals surface area contributed by atoms with Crippen LogP contribution in [0.2, 0.25) is 0 Å². The van der Waals surface area contributed by atoms with Gasteiger partial charge in [0.15, 0.2) is 5.82 Å². The Labute approximate surface area is 143 Å². The summed E-state index contributed by atoms with van der Waals surface area (Å²) in [6.45, 7) is 3.93. The van der Waals surface area contributed by atoms with Crippen LogP contribution in [-0.2, 0) is 14.3 Å². The summed E-state index contributed by atoms with van der Waals surface area (Å²) in [6, 6.07) is 8.05. The fraction of sp³-hybridized carbons (Fsp3) is 0.235. The molecule has 0 spiro atoms. The van der Waals surface area contributed by atoms with Gasteiger partial charge in [-0.2, -0.15) is 4.98 Å². The highest BCUT2D eigenvalue weighted by molar-refractivity contribution is 7.18. The monoisotopic (exact) mass is 343 g/mol. The van der Waals surface area contributed by atoms with E-state index in [-0.39, 0.29) is 0 Å². The SMILES string of the molecule is CO/C=C(/C(=O)OC)c1sc2nc(-c3ccc(C)cc3)nn2c1C. The Morgan fingerprint density at radius 3 is 2.50 bits per heavy atom. The van der Waals surface area contributed by atoms with Crippen molar-refractivity contribution in [3.8, 4) is 11.4 Å². The third-order valence-corrected chi connectivity index (χ3v) is 4.78. The lowest BCUT2D eigenvalue weighted by atomic mass is 10.1. The van der Waals surface area contributed by atoms with E-state index in [0.717, 1.165) is 16.1 Å². The third-order valence-electron chi connectivity index (χ3n) is 3.61. The zero-order valence-corrected chi connectivity index (χ0v) is 14.7. The van der Waals surface area contributed by atoms with Crippen molar-refractivity contribution in [2.24, 2.45) is 0 Å². The van der Waals surface area contributed by atoms with E-state index in [4.69, 9.17) is 9.47 Å². The van der Waals surface area contributed by atoms with Crippen molar-refractivity contribution in [3.63, 3.8) is 0 Å². The number of carbonyl (C=O) groups is 1. The molecule has 24 heavy (non-hydrogen) atoms. The Bertz CT molecular complexity index is 923. The maximum Gasteiger partial charge on any atom is 0.342 e. The molecule has 0 saturated heterocycles. The van der Waals surface area contributed by atoms with E-state index in [0.29, 0.717) is 16.4 Å². The minimum absolute atomic E-state index is 0.353. The molecule has 124 valence electrons. The van der Waals surface area contributed by atoms with Crippen molar-refractivity contribution >= 4 is 27.8 Å². The second kappa shape index (κ2) is 6.45. The molecule has 0 radical (unpaired) electrons. The van der Waals surface area contributed by atoms with Crippen LogP contribution < -0.4 is 0 Å². The number of aromatic nitrogens is 3. The lowest BCUT2D eigenvalue weighted by Crippen LogP contribution is -2.05. The average Bonchev–Trinajstić information content (AvgIpc) is 3.12. The maximum absolute atomic E-state index is 12.0. The summed E-state index contributed by atoms with van der Waals surface area (Å²) in [7, 11) is 2.83. The van der Waals surface area contributed by atoms with Crippen LogP contribution >= 0.6 is 11.3 Å². The number of rotatable bonds is 4. The standard InChI is InChI=1S/C17H17N3O3S/c1-10-5-7-12(8-6-10)15-18-17-20(19-15)11(2)14(24-17)13(9-22-3)16(21)23-4/h5-9H,1-4H3/b13-9+. The van der Waals surface area contributed by atoms with Gasteiger partial charge in [-0.25, -0.2) is 9.31 Å². The Morgan fingerprint density at radius 2 is 1.92 bits per heavy atom. The molecule has 0 bridgehead atoms. The number of benzene rings is 1. The van der Waals surface area contributed by atoms with Crippen LogP contribution in [0.15, 0.2) is 30.5 Å². The molecule has 6 nitrogen and oxygen atoms in total. The van der Waals surface area contributed by atoms with Crippen LogP contribution in [0.4, 0.5) is 0 Å². The molecular formula is C17H17N3O3S. The van der Waals surface area contributed by atoms with Crippen LogP contribution in [0.3, 0.4) is 0 Å². The molecule has 0 saturated carbocycles. The number of esters is 1. The lowest BCUT2D eigenvalue weighted by molar-refractivity contribution is -0.133. The topological polar surface area (TPSA) is 65.7 Å². The molecule has 0 unspecified atom stereocenters. The van der Waals surface area contributed by atoms with Crippen molar-refractivity contribution in [2.75, 3.05) is 14.2 Å². The predicted octanol–water partition coefficient (Wildman–Crippen LogP) is 3.23. The molecule has 0 aliphatic heterocycles. The van der Waals surface area contributed by atoms with E-state index in [1.165, 1.54) is 37.4 Å². The first-order valence-corrected chi connectivity index (χ1v) is 8.11. The number of methoxy groups -OCH3 is 2. The summed E-state index contributed by atoms with van der Waals surface area (Å²) in [5.41, 5.74) is 3.31. The number of hydrogen-bond acceptors (Lipinski definition) is 6. The van der Waals surface area contributed by atoms with Gasteiger partial charge in [0.05, 0.1) is 31.1 Å². The Balaban J connectivity index is 2.07. The van der Waals surface area contributed by atoms with Crippen LogP contribution in [0.25, 0.3) is 21.9 Å². The average molecular weight is 343 g/mol. The molecule has 0 aliphatic rings. The molecule has 0 N–H and O–H groups in total. The van der Waals surface area contributed by atoms with Gasteiger partial charge in [-0.3, -0.25) is 0 Å². The number of thiazole rings is 1. The molecule has 2 heterocycles. The van der Waals surface area contributed by atoms with Gasteiger partial charge in [0.2, 0.25) is 4.96 Å². The van der Waals surface area contributed by atoms with E-state index in [9.17, 15) is 4.79 Å². The van der Waals surface area contributed by atoms with E-state index in [2.05, 4.69) is 10.1 Å². The van der Waals surface area contributed by atoms with Gasteiger partial charge in [-0.15, -0.1) is 5.10 Å². The van der Waals surface area contributed by atoms with Gasteiger partial charge in [0, 0.05) is 5.56 Å². The first-order chi connectivity index (χ1) is 11.5. The summed E-state index contributed by atoms with van der Waals surface area (Å²) in [5, 5.41) is 4.56. The highest BCUT2D eigenvalue weighted by atomic mass is 32.1. The lowest BCUT2D eigenvalue weighted by Gasteiger charge is -2.03. The summed E-state index contributed by atoms with van der Waals surface area (Å²) in [5.74, 6) is 0.203. The van der Waals surface area contributed by atoms with Gasteiger partial charge in [0.25, 0.3) is 0 Å². The number of nitrogens with zero attached hydrogens (tertiary/aromatic N) is 3. The van der Waals surface area contributed by atoms with Gasteiger partial charge in [-0.1, -0.05) is 41.2 Å². The zero-order chi connectivity index (χ0) is 17.3. The van der Waals surface area contributed by atoms with Gasteiger partial charge >= 0.3 is 5.97 Å². The minimum atomic E-state index is -0.455. The quantitative estimate of drug-likeness (QED) is 0.413. The second-order valence-corrected chi connectivity index (χ2v) is 6.25. The third kappa shape index (κ3) is 2.78. The highest BCUT2D eigenvalue weighted by Gasteiger charge is 2.22. The smallest absolute Gasteiger partial charge is 0.342 e. The largest absolute Gasteiger partial charge is 0.503 e. The van der Waals surface area contributed by atoms with E-state index >= 15 is 0 Å². The number of fused-ring (bicyclic) bond motifs is 1. The summed E-state index contributed by atoms with van der Waals surface area (Å²) < 4.78 is 11.6. The Hall–Kier alpha value is -2.67. The van der Waals surface area contributed by atoms with Crippen molar-refractivity contribution in [2.45, 2.75) is 13.8 Å². The Kier molecular flexibility index (Phi) is 4.35. The van der Waals surface area contributed by atoms with Gasteiger partial charge in [-0.05, 0) is 13.8 Å². The second-order valence-electron chi connectivity index (χ2n) is 5.27. The van der Waals surface area contributed by atoms with Crippen LogP contribution in [0.5, 0.6) is 0 Å². The van der Waals surface area contributed by atoms with Gasteiger partial charge < -0.3 is 9.47 Å². The highest BCUT2D eigenvalue weighted by Crippen LogP contribution is 2.30. The number of hydrogen-bond donors (Lipinski definition) is 0. The first kappa shape index (κ1) is 16.2. The molecule has 0 aliphatic carbocycles. The van der Waals surface area contributed by atoms with Crippen LogP contribution in [0.1, 0.15) is 16.1 Å². The van der Waals surface area contributed by atoms with Crippen molar-refractivity contribution in [1.29, 1.82) is 0 Å². The molecule has 7 heteroatoms. The molecular weight excluding hydrogens is 326 g/mol. The van der Waals surface area contributed by atoms with Crippen LogP contribution in [0, 0.1) is 13.8 Å². The van der Waals surface area contributed by atoms with E-state index < -0.39 is 5.97 Å². The van der Waals surface area contributed by atoms with Crippen molar-refractivity contribution < 1.29 is 14.3 Å². The fourth-order valence-corrected chi connectivity index (χ4v) is 3.40. The Morgan fingerprint density at radius 1 is 1.21 bits per heavy atom. The molecule has 3 aromatic rings. The summed E-state index contributed by atoms with van der Waals surface area (Å²) >= 11 is 1.37. The molecule has 0 atom stereocenters.